The van der Waals surface area contributed by atoms with Gasteiger partial charge in [0.1, 0.15) is 0 Å². The van der Waals surface area contributed by atoms with Crippen LogP contribution < -0.4 is 26.0 Å². The lowest BCUT2D eigenvalue weighted by atomic mass is 10.0. The number of rotatable bonds is 13. The molecule has 0 amide bonds. The Morgan fingerprint density at radius 2 is 1.17 bits per heavy atom. The molecule has 15 nitrogen and oxygen atoms in total. The van der Waals surface area contributed by atoms with E-state index in [0.29, 0.717) is 56.7 Å². The molecular weight excluding hydrogens is 965 g/mol. The minimum Gasteiger partial charge on any atom is -0.377 e. The van der Waals surface area contributed by atoms with E-state index in [1.54, 1.807) is 18.3 Å². The lowest BCUT2D eigenvalue weighted by Crippen LogP contribution is -2.48. The van der Waals surface area contributed by atoms with Crippen molar-refractivity contribution in [2.75, 3.05) is 62.4 Å². The molecule has 398 valence electrons. The minimum absolute atomic E-state index is 0.128. The third-order valence-corrected chi connectivity index (χ3v) is 15.3. The largest absolute Gasteiger partial charge is 0.377 e. The molecular formula is C62H70N10O5. The van der Waals surface area contributed by atoms with E-state index in [1.807, 2.05) is 93.4 Å². The van der Waals surface area contributed by atoms with Gasteiger partial charge >= 0.3 is 0 Å². The normalized spacial score (nSPS) is 17.7. The number of aryl methyl sites for hydroxylation is 4. The molecule has 4 fully saturated rings. The molecule has 1 N–H and O–H groups in total. The summed E-state index contributed by atoms with van der Waals surface area (Å²) in [5, 5.41) is 5.06. The number of fused-ring (bicyclic) bond motifs is 2. The van der Waals surface area contributed by atoms with Gasteiger partial charge in [-0.05, 0) is 137 Å². The van der Waals surface area contributed by atoms with Crippen LogP contribution in [0.5, 0.6) is 0 Å². The number of carbonyl (C=O) groups is 1. The van der Waals surface area contributed by atoms with Gasteiger partial charge < -0.3 is 33.7 Å². The molecule has 0 saturated carbocycles. The number of benzene rings is 2. The number of pyridine rings is 6. The highest BCUT2D eigenvalue weighted by Crippen LogP contribution is 2.28. The first kappa shape index (κ1) is 53.0. The molecule has 15 heteroatoms. The lowest BCUT2D eigenvalue weighted by Gasteiger charge is -2.40. The second kappa shape index (κ2) is 24.7. The van der Waals surface area contributed by atoms with Gasteiger partial charge in [-0.15, -0.1) is 0 Å². The second-order valence-electron chi connectivity index (χ2n) is 21.0. The van der Waals surface area contributed by atoms with Gasteiger partial charge in [0.2, 0.25) is 0 Å². The first-order chi connectivity index (χ1) is 37.6. The zero-order valence-corrected chi connectivity index (χ0v) is 44.8. The van der Waals surface area contributed by atoms with Crippen LogP contribution in [0.1, 0.15) is 87.6 Å². The van der Waals surface area contributed by atoms with Crippen molar-refractivity contribution in [1.29, 1.82) is 0 Å². The van der Waals surface area contributed by atoms with Crippen LogP contribution in [0.4, 0.5) is 11.4 Å². The van der Waals surface area contributed by atoms with Crippen molar-refractivity contribution in [3.05, 3.63) is 200 Å². The molecule has 8 aromatic rings. The van der Waals surface area contributed by atoms with Gasteiger partial charge in [-0.3, -0.25) is 39.2 Å². The predicted molar refractivity (Wildman–Crippen MR) is 304 cm³/mol. The minimum atomic E-state index is -0.202. The maximum Gasteiger partial charge on any atom is 0.199 e. The van der Waals surface area contributed by atoms with E-state index in [2.05, 4.69) is 99.2 Å². The van der Waals surface area contributed by atoms with E-state index >= 15 is 0 Å². The molecule has 6 aromatic heterocycles. The summed E-state index contributed by atoms with van der Waals surface area (Å²) in [5.41, 5.74) is 11.9. The SMILES string of the molecule is Cc1ccc(N2CCC[C@H](N(Cc3ccnc(C)c3)Cc3cn(C4COC4)c4ccccc4c3=O)C2)cn1.Cc1ccc(N2CCC[C@H](NCc3ccnc(C)c3)C2)cn1.O=Cc1cn(C2COC2)c2ccccc2c1=O. The van der Waals surface area contributed by atoms with Gasteiger partial charge in [0, 0.05) is 122 Å². The topological polar surface area (TPSA) is 153 Å². The van der Waals surface area contributed by atoms with Gasteiger partial charge in [0.05, 0.1) is 78.9 Å². The summed E-state index contributed by atoms with van der Waals surface area (Å²) in [6, 6.07) is 33.6. The highest BCUT2D eigenvalue weighted by Gasteiger charge is 2.29. The third kappa shape index (κ3) is 12.9. The molecule has 0 unspecified atom stereocenters. The maximum atomic E-state index is 13.8. The number of hydrogen-bond acceptors (Lipinski definition) is 13. The number of aldehydes is 1. The Hall–Kier alpha value is -7.43. The van der Waals surface area contributed by atoms with Crippen LogP contribution in [0.3, 0.4) is 0 Å². The summed E-state index contributed by atoms with van der Waals surface area (Å²) in [6.45, 7) is 17.1. The smallest absolute Gasteiger partial charge is 0.199 e. The fourth-order valence-electron chi connectivity index (χ4n) is 10.9. The molecule has 4 saturated heterocycles. The Morgan fingerprint density at radius 1 is 0.610 bits per heavy atom. The molecule has 4 aliphatic heterocycles. The number of piperidine rings is 2. The Bertz CT molecular complexity index is 3410. The van der Waals surface area contributed by atoms with Crippen molar-refractivity contribution in [1.82, 2.24) is 39.3 Å². The van der Waals surface area contributed by atoms with Crippen LogP contribution in [0.15, 0.2) is 144 Å². The molecule has 2 aromatic carbocycles. The van der Waals surface area contributed by atoms with Crippen LogP contribution in [0.2, 0.25) is 0 Å². The quantitative estimate of drug-likeness (QED) is 0.110. The summed E-state index contributed by atoms with van der Waals surface area (Å²) in [5.74, 6) is 0. The predicted octanol–water partition coefficient (Wildman–Crippen LogP) is 8.89. The monoisotopic (exact) mass is 1030 g/mol. The van der Waals surface area contributed by atoms with Crippen molar-refractivity contribution in [3.8, 4) is 0 Å². The lowest BCUT2D eigenvalue weighted by molar-refractivity contribution is -0.0217. The molecule has 0 aliphatic carbocycles. The summed E-state index contributed by atoms with van der Waals surface area (Å²) in [4.78, 5) is 61.6. The van der Waals surface area contributed by atoms with Gasteiger partial charge in [-0.25, -0.2) is 0 Å². The van der Waals surface area contributed by atoms with E-state index in [4.69, 9.17) is 9.47 Å². The van der Waals surface area contributed by atoms with Crippen LogP contribution in [-0.2, 0) is 29.1 Å². The average Bonchev–Trinajstić information content (AvgIpc) is 3.43. The Labute approximate surface area is 450 Å². The molecule has 2 atom stereocenters. The van der Waals surface area contributed by atoms with E-state index < -0.39 is 0 Å². The number of ether oxygens (including phenoxy) is 2. The Kier molecular flexibility index (Phi) is 17.0. The Morgan fingerprint density at radius 3 is 1.74 bits per heavy atom. The summed E-state index contributed by atoms with van der Waals surface area (Å²) in [7, 11) is 0. The highest BCUT2D eigenvalue weighted by atomic mass is 16.5. The molecule has 0 radical (unpaired) electrons. The second-order valence-corrected chi connectivity index (χ2v) is 21.0. The van der Waals surface area contributed by atoms with E-state index in [9.17, 15) is 14.4 Å². The van der Waals surface area contributed by atoms with Crippen LogP contribution >= 0.6 is 0 Å². The maximum absolute atomic E-state index is 13.8. The standard InChI is InChI=1S/C31H35N5O2.C18H24N4.C13H11NO3/c1-22-9-10-26(15-33-22)34-13-5-6-27(19-34)35(16-24-11-12-32-23(2)14-24)17-25-18-36(28-20-38-21-28)30-8-4-3-7-29(30)31(25)37;1-14-5-6-18(12-20-14)22-9-3-4-17(13-22)21-11-16-7-8-19-15(2)10-16;15-6-9-5-14(10-7-17-8-10)12-4-2-1-3-11(12)13(9)16/h3-4,7-12,14-15,18,27-28H,5-6,13,16-17,19-21H2,1-2H3;5-8,10,12,17,21H,3-4,9,11,13H2,1-2H3;1-6,10H,7-8H2/t27-;17-;/m00./s1. The summed E-state index contributed by atoms with van der Waals surface area (Å²) < 4.78 is 14.9. The van der Waals surface area contributed by atoms with Gasteiger partial charge in [-0.1, -0.05) is 24.3 Å². The van der Waals surface area contributed by atoms with E-state index in [0.717, 1.165) is 103 Å². The number of hydrogen-bond donors (Lipinski definition) is 1. The highest BCUT2D eigenvalue weighted by molar-refractivity contribution is 5.86. The number of aromatic nitrogens is 6. The van der Waals surface area contributed by atoms with Crippen molar-refractivity contribution in [3.63, 3.8) is 0 Å². The number of carbonyl (C=O) groups excluding carboxylic acids is 1. The molecule has 12 rings (SSSR count). The van der Waals surface area contributed by atoms with Crippen molar-refractivity contribution in [2.45, 2.75) is 97.2 Å². The van der Waals surface area contributed by atoms with Crippen molar-refractivity contribution in [2.24, 2.45) is 0 Å². The number of nitrogens with one attached hydrogen (secondary N) is 1. The zero-order chi connectivity index (χ0) is 53.3. The van der Waals surface area contributed by atoms with Crippen molar-refractivity contribution >= 4 is 39.5 Å². The molecule has 77 heavy (non-hydrogen) atoms. The fraction of sp³-hybridized carbons (Fsp3) is 0.371. The van der Waals surface area contributed by atoms with Crippen LogP contribution in [0.25, 0.3) is 21.8 Å². The number of para-hydroxylation sites is 2. The first-order valence-electron chi connectivity index (χ1n) is 27.1. The van der Waals surface area contributed by atoms with Crippen LogP contribution in [-0.4, -0.2) is 105 Å². The van der Waals surface area contributed by atoms with Crippen molar-refractivity contribution < 1.29 is 14.3 Å². The van der Waals surface area contributed by atoms with Gasteiger partial charge in [0.15, 0.2) is 17.1 Å². The number of nitrogens with zero attached hydrogens (tertiary/aromatic N) is 9. The number of anilines is 2. The van der Waals surface area contributed by atoms with Gasteiger partial charge in [0.25, 0.3) is 0 Å². The van der Waals surface area contributed by atoms with Crippen LogP contribution in [0, 0.1) is 27.7 Å². The molecule has 4 aliphatic rings. The van der Waals surface area contributed by atoms with Gasteiger partial charge in [-0.2, -0.15) is 0 Å². The van der Waals surface area contributed by atoms with E-state index in [1.165, 1.54) is 29.7 Å². The molecule has 10 heterocycles. The third-order valence-electron chi connectivity index (χ3n) is 15.3. The summed E-state index contributed by atoms with van der Waals surface area (Å²) in [6.07, 6.45) is 16.7. The zero-order valence-electron chi connectivity index (χ0n) is 44.8. The molecule has 0 spiro atoms. The average molecular weight is 1040 g/mol. The van der Waals surface area contributed by atoms with E-state index in [-0.39, 0.29) is 28.5 Å². The molecule has 0 bridgehead atoms. The summed E-state index contributed by atoms with van der Waals surface area (Å²) >= 11 is 0. The Balaban J connectivity index is 0.000000145. The first-order valence-corrected chi connectivity index (χ1v) is 27.1. The fourth-order valence-corrected chi connectivity index (χ4v) is 10.9.